The zero-order valence-electron chi connectivity index (χ0n) is 20.3. The highest BCUT2D eigenvalue weighted by Gasteiger charge is 2.33. The molecule has 0 bridgehead atoms. The number of sulfonamides is 1. The van der Waals surface area contributed by atoms with Crippen LogP contribution in [0.5, 0.6) is 5.75 Å². The minimum Gasteiger partial charge on any atom is -0.496 e. The van der Waals surface area contributed by atoms with Crippen molar-refractivity contribution in [3.05, 3.63) is 81.3 Å². The quantitative estimate of drug-likeness (QED) is 0.513. The number of pyridine rings is 1. The van der Waals surface area contributed by atoms with Crippen LogP contribution in [-0.4, -0.2) is 32.7 Å². The Kier molecular flexibility index (Phi) is 6.23. The second kappa shape index (κ2) is 8.88. The van der Waals surface area contributed by atoms with E-state index in [1.807, 2.05) is 32.9 Å². The van der Waals surface area contributed by atoms with Gasteiger partial charge in [0.05, 0.1) is 18.9 Å². The first-order valence-corrected chi connectivity index (χ1v) is 13.0. The molecule has 0 saturated heterocycles. The second-order valence-electron chi connectivity index (χ2n) is 9.65. The molecule has 9 heteroatoms. The number of ether oxygens (including phenoxy) is 2. The predicted molar refractivity (Wildman–Crippen MR) is 135 cm³/mol. The number of hydrogen-bond donors (Lipinski definition) is 2. The molecule has 4 rings (SSSR count). The molecule has 2 N–H and O–H groups in total. The monoisotopic (exact) mass is 496 g/mol. The smallest absolute Gasteiger partial charge is 0.339 e. The van der Waals surface area contributed by atoms with Crippen molar-refractivity contribution in [3.8, 4) is 16.9 Å². The van der Waals surface area contributed by atoms with Gasteiger partial charge in [-0.3, -0.25) is 9.52 Å². The summed E-state index contributed by atoms with van der Waals surface area (Å²) in [6, 6.07) is 12.1. The fraction of sp³-hybridized carbons (Fsp3) is 0.308. The van der Waals surface area contributed by atoms with Crippen molar-refractivity contribution in [2.75, 3.05) is 18.1 Å². The number of rotatable bonds is 5. The van der Waals surface area contributed by atoms with Gasteiger partial charge in [-0.25, -0.2) is 13.2 Å². The average Bonchev–Trinajstić information content (AvgIpc) is 2.77. The van der Waals surface area contributed by atoms with Crippen LogP contribution < -0.4 is 15.0 Å². The Hall–Kier alpha value is -3.59. The maximum absolute atomic E-state index is 13.0. The molecule has 1 aliphatic rings. The van der Waals surface area contributed by atoms with Crippen molar-refractivity contribution in [2.45, 2.75) is 38.7 Å². The third kappa shape index (κ3) is 5.09. The number of hydrogen-bond acceptors (Lipinski definition) is 6. The Balaban J connectivity index is 1.84. The van der Waals surface area contributed by atoms with E-state index < -0.39 is 22.1 Å². The number of esters is 1. The second-order valence-corrected chi connectivity index (χ2v) is 11.4. The van der Waals surface area contributed by atoms with Crippen LogP contribution in [0.15, 0.2) is 53.5 Å². The van der Waals surface area contributed by atoms with Crippen LogP contribution in [0, 0.1) is 0 Å². The highest BCUT2D eigenvalue weighted by Crippen LogP contribution is 2.43. The SMILES string of the molecule is COc1c(C2Cc3ccc(NS(C)(=O)=O)cc3C(=O)O2)cc(-c2ccc[nH]c2=O)cc1C(C)(C)C. The maximum Gasteiger partial charge on any atom is 0.339 e. The third-order valence-electron chi connectivity index (χ3n) is 5.89. The number of H-pyrrole nitrogens is 1. The lowest BCUT2D eigenvalue weighted by Crippen LogP contribution is -2.24. The van der Waals surface area contributed by atoms with Gasteiger partial charge in [-0.1, -0.05) is 26.8 Å². The van der Waals surface area contributed by atoms with Gasteiger partial charge in [0.1, 0.15) is 11.9 Å². The summed E-state index contributed by atoms with van der Waals surface area (Å²) in [4.78, 5) is 28.2. The Labute approximate surface area is 204 Å². The molecule has 8 nitrogen and oxygen atoms in total. The van der Waals surface area contributed by atoms with E-state index in [1.165, 1.54) is 6.07 Å². The van der Waals surface area contributed by atoms with E-state index in [0.717, 1.165) is 17.4 Å². The summed E-state index contributed by atoms with van der Waals surface area (Å²) >= 11 is 0. The molecule has 0 spiro atoms. The largest absolute Gasteiger partial charge is 0.496 e. The van der Waals surface area contributed by atoms with Crippen molar-refractivity contribution in [1.29, 1.82) is 0 Å². The lowest BCUT2D eigenvalue weighted by molar-refractivity contribution is 0.0247. The molecule has 1 aliphatic heterocycles. The van der Waals surface area contributed by atoms with Gasteiger partial charge in [0, 0.05) is 35.0 Å². The maximum atomic E-state index is 13.0. The molecule has 3 aromatic rings. The Morgan fingerprint density at radius 2 is 1.83 bits per heavy atom. The number of cyclic esters (lactones) is 1. The number of aromatic amines is 1. The Morgan fingerprint density at radius 3 is 2.46 bits per heavy atom. The predicted octanol–water partition coefficient (Wildman–Crippen LogP) is 4.17. The van der Waals surface area contributed by atoms with Crippen molar-refractivity contribution < 1.29 is 22.7 Å². The van der Waals surface area contributed by atoms with Crippen LogP contribution in [0.25, 0.3) is 11.1 Å². The fourth-order valence-corrected chi connectivity index (χ4v) is 4.86. The molecule has 0 saturated carbocycles. The van der Waals surface area contributed by atoms with E-state index in [-0.39, 0.29) is 11.0 Å². The molecular weight excluding hydrogens is 468 g/mol. The number of carbonyl (C=O) groups excluding carboxylic acids is 1. The topological polar surface area (TPSA) is 115 Å². The van der Waals surface area contributed by atoms with Gasteiger partial charge < -0.3 is 14.5 Å². The summed E-state index contributed by atoms with van der Waals surface area (Å²) in [7, 11) is -1.91. The molecule has 2 aromatic carbocycles. The molecule has 1 aromatic heterocycles. The van der Waals surface area contributed by atoms with E-state index in [1.54, 1.807) is 37.6 Å². The summed E-state index contributed by atoms with van der Waals surface area (Å²) < 4.78 is 37.2. The van der Waals surface area contributed by atoms with Crippen LogP contribution in [0.2, 0.25) is 0 Å². The van der Waals surface area contributed by atoms with Gasteiger partial charge in [-0.15, -0.1) is 0 Å². The number of nitrogens with one attached hydrogen (secondary N) is 2. The van der Waals surface area contributed by atoms with E-state index in [2.05, 4.69) is 9.71 Å². The minimum absolute atomic E-state index is 0.222. The van der Waals surface area contributed by atoms with Gasteiger partial charge in [-0.2, -0.15) is 0 Å². The summed E-state index contributed by atoms with van der Waals surface area (Å²) in [5.74, 6) is 0.0425. The molecule has 1 atom stereocenters. The standard InChI is InChI=1S/C26H28N2O6S/c1-26(2,3)21-12-16(18-7-6-10-27-24(18)29)11-20(23(21)33-4)22-13-15-8-9-17(28-35(5,31)32)14-19(15)25(30)34-22/h6-12,14,22,28H,13H2,1-5H3,(H,27,29). The van der Waals surface area contributed by atoms with Gasteiger partial charge in [0.15, 0.2) is 0 Å². The van der Waals surface area contributed by atoms with Crippen LogP contribution >= 0.6 is 0 Å². The summed E-state index contributed by atoms with van der Waals surface area (Å²) in [5.41, 5.74) is 3.53. The van der Waals surface area contributed by atoms with E-state index in [4.69, 9.17) is 9.47 Å². The van der Waals surface area contributed by atoms with Crippen LogP contribution in [0.1, 0.15) is 53.9 Å². The number of anilines is 1. The lowest BCUT2D eigenvalue weighted by atomic mass is 9.81. The van der Waals surface area contributed by atoms with Gasteiger partial charge in [-0.05, 0) is 52.9 Å². The molecule has 184 valence electrons. The first kappa shape index (κ1) is 24.5. The summed E-state index contributed by atoms with van der Waals surface area (Å²) in [6.45, 7) is 6.14. The van der Waals surface area contributed by atoms with E-state index >= 15 is 0 Å². The van der Waals surface area contributed by atoms with Gasteiger partial charge >= 0.3 is 5.97 Å². The van der Waals surface area contributed by atoms with Gasteiger partial charge in [0.2, 0.25) is 10.0 Å². The van der Waals surface area contributed by atoms with Crippen molar-refractivity contribution in [3.63, 3.8) is 0 Å². The third-order valence-corrected chi connectivity index (χ3v) is 6.50. The van der Waals surface area contributed by atoms with Crippen LogP contribution in [0.3, 0.4) is 0 Å². The van der Waals surface area contributed by atoms with Crippen LogP contribution in [0.4, 0.5) is 5.69 Å². The highest BCUT2D eigenvalue weighted by molar-refractivity contribution is 7.92. The zero-order chi connectivity index (χ0) is 25.5. The first-order chi connectivity index (χ1) is 16.4. The van der Waals surface area contributed by atoms with Crippen molar-refractivity contribution >= 4 is 21.7 Å². The fourth-order valence-electron chi connectivity index (χ4n) is 4.31. The molecule has 1 unspecified atom stereocenters. The lowest BCUT2D eigenvalue weighted by Gasteiger charge is -2.30. The van der Waals surface area contributed by atoms with Crippen LogP contribution in [-0.2, 0) is 26.6 Å². The first-order valence-electron chi connectivity index (χ1n) is 11.1. The molecule has 0 aliphatic carbocycles. The molecular formula is C26H28N2O6S. The normalized spacial score (nSPS) is 15.8. The molecule has 0 radical (unpaired) electrons. The number of aromatic nitrogens is 1. The van der Waals surface area contributed by atoms with E-state index in [9.17, 15) is 18.0 Å². The Bertz CT molecular complexity index is 1470. The number of fused-ring (bicyclic) bond motifs is 1. The number of benzene rings is 2. The number of methoxy groups -OCH3 is 1. The van der Waals surface area contributed by atoms with Crippen molar-refractivity contribution in [1.82, 2.24) is 4.98 Å². The molecule has 35 heavy (non-hydrogen) atoms. The molecule has 0 fully saturated rings. The van der Waals surface area contributed by atoms with E-state index in [0.29, 0.717) is 40.1 Å². The highest BCUT2D eigenvalue weighted by atomic mass is 32.2. The number of carbonyl (C=O) groups is 1. The average molecular weight is 497 g/mol. The molecule has 0 amide bonds. The van der Waals surface area contributed by atoms with Crippen molar-refractivity contribution in [2.24, 2.45) is 0 Å². The van der Waals surface area contributed by atoms with Gasteiger partial charge in [0.25, 0.3) is 5.56 Å². The molecule has 2 heterocycles. The summed E-state index contributed by atoms with van der Waals surface area (Å²) in [5, 5.41) is 0. The zero-order valence-corrected chi connectivity index (χ0v) is 21.1. The summed E-state index contributed by atoms with van der Waals surface area (Å²) in [6.07, 6.45) is 2.34. The minimum atomic E-state index is -3.48. The Morgan fingerprint density at radius 1 is 1.09 bits per heavy atom.